The number of carbonyl (C=O) groups excluding carboxylic acids is 1. The Morgan fingerprint density at radius 2 is 2.04 bits per heavy atom. The monoisotopic (exact) mass is 383 g/mol. The van der Waals surface area contributed by atoms with Gasteiger partial charge in [-0.05, 0) is 49.1 Å². The Morgan fingerprint density at radius 1 is 1.32 bits per heavy atom. The van der Waals surface area contributed by atoms with Crippen LogP contribution in [0.5, 0.6) is 0 Å². The first-order chi connectivity index (χ1) is 13.4. The van der Waals surface area contributed by atoms with Gasteiger partial charge in [0.2, 0.25) is 5.95 Å². The molecular weight excluding hydrogens is 357 g/mol. The summed E-state index contributed by atoms with van der Waals surface area (Å²) in [6.07, 6.45) is 2.71. The summed E-state index contributed by atoms with van der Waals surface area (Å²) in [7, 11) is 0. The van der Waals surface area contributed by atoms with Gasteiger partial charge in [0.05, 0.1) is 19.3 Å². The highest BCUT2D eigenvalue weighted by molar-refractivity contribution is 5.90. The number of pyridine rings is 1. The predicted molar refractivity (Wildman–Crippen MR) is 106 cm³/mol. The lowest BCUT2D eigenvalue weighted by Gasteiger charge is -2.41. The van der Waals surface area contributed by atoms with Crippen molar-refractivity contribution in [2.24, 2.45) is 0 Å². The van der Waals surface area contributed by atoms with E-state index in [4.69, 9.17) is 4.74 Å². The van der Waals surface area contributed by atoms with Gasteiger partial charge in [-0.3, -0.25) is 0 Å². The summed E-state index contributed by atoms with van der Waals surface area (Å²) in [5, 5.41) is 3.01. The Labute approximate surface area is 164 Å². The smallest absolute Gasteiger partial charge is 0.322 e. The second-order valence-corrected chi connectivity index (χ2v) is 8.08. The molecule has 5 nitrogen and oxygen atoms in total. The Kier molecular flexibility index (Phi) is 4.83. The number of aromatic nitrogens is 1. The van der Waals surface area contributed by atoms with E-state index in [0.29, 0.717) is 12.0 Å². The molecule has 2 amide bonds. The quantitative estimate of drug-likeness (QED) is 0.798. The van der Waals surface area contributed by atoms with Crippen LogP contribution in [0, 0.1) is 5.95 Å². The van der Waals surface area contributed by atoms with E-state index in [-0.39, 0.29) is 23.5 Å². The van der Waals surface area contributed by atoms with Gasteiger partial charge in [-0.2, -0.15) is 4.39 Å². The van der Waals surface area contributed by atoms with E-state index < -0.39 is 5.95 Å². The fourth-order valence-electron chi connectivity index (χ4n) is 4.28. The third-order valence-electron chi connectivity index (χ3n) is 6.12. The number of rotatable bonds is 3. The molecule has 0 bridgehead atoms. The van der Waals surface area contributed by atoms with E-state index >= 15 is 0 Å². The van der Waals surface area contributed by atoms with Crippen molar-refractivity contribution >= 4 is 11.7 Å². The topological polar surface area (TPSA) is 54.5 Å². The van der Waals surface area contributed by atoms with Crippen molar-refractivity contribution in [3.05, 3.63) is 59.2 Å². The Bertz CT molecular complexity index is 880. The van der Waals surface area contributed by atoms with E-state index in [2.05, 4.69) is 17.2 Å². The summed E-state index contributed by atoms with van der Waals surface area (Å²) < 4.78 is 19.5. The van der Waals surface area contributed by atoms with Gasteiger partial charge in [0.1, 0.15) is 0 Å². The molecule has 4 rings (SSSR count). The molecular formula is C22H26FN3O2. The molecule has 1 saturated heterocycles. The summed E-state index contributed by atoms with van der Waals surface area (Å²) in [4.78, 5) is 18.7. The molecule has 28 heavy (non-hydrogen) atoms. The van der Waals surface area contributed by atoms with Gasteiger partial charge in [0, 0.05) is 28.9 Å². The molecule has 2 unspecified atom stereocenters. The van der Waals surface area contributed by atoms with Gasteiger partial charge in [0.15, 0.2) is 0 Å². The average Bonchev–Trinajstić information content (AvgIpc) is 2.67. The molecule has 0 aliphatic carbocycles. The lowest BCUT2D eigenvalue weighted by Crippen LogP contribution is -2.48. The van der Waals surface area contributed by atoms with Crippen molar-refractivity contribution in [3.8, 4) is 0 Å². The molecule has 0 spiro atoms. The number of halogens is 1. The molecule has 1 N–H and O–H groups in total. The number of benzene rings is 1. The molecule has 2 aliphatic rings. The number of nitrogens with zero attached hydrogens (tertiary/aromatic N) is 2. The number of anilines is 1. The van der Waals surface area contributed by atoms with Crippen molar-refractivity contribution in [1.29, 1.82) is 0 Å². The highest BCUT2D eigenvalue weighted by Crippen LogP contribution is 2.36. The normalized spacial score (nSPS) is 22.9. The lowest BCUT2D eigenvalue weighted by molar-refractivity contribution is -0.0499. The zero-order valence-corrected chi connectivity index (χ0v) is 16.5. The van der Waals surface area contributed by atoms with Crippen LogP contribution in [0.2, 0.25) is 0 Å². The number of hydrogen-bond acceptors (Lipinski definition) is 3. The highest BCUT2D eigenvalue weighted by atomic mass is 19.1. The standard InChI is InChI=1S/C22H26FN3O2/c1-4-17-11-19-18(9-10-24-20(19)23)14(2)26(17)21(27)25-16-7-5-15(6-8-16)22(3)12-28-13-22/h5-10,14,17H,4,11-13H2,1-3H3,(H,25,27). The van der Waals surface area contributed by atoms with Crippen LogP contribution < -0.4 is 5.32 Å². The Morgan fingerprint density at radius 3 is 2.64 bits per heavy atom. The Hall–Kier alpha value is -2.47. The van der Waals surface area contributed by atoms with Crippen LogP contribution in [-0.4, -0.2) is 35.2 Å². The summed E-state index contributed by atoms with van der Waals surface area (Å²) in [5.41, 5.74) is 3.50. The van der Waals surface area contributed by atoms with Crippen molar-refractivity contribution in [2.45, 2.75) is 51.1 Å². The van der Waals surface area contributed by atoms with Crippen LogP contribution in [0.25, 0.3) is 0 Å². The first-order valence-electron chi connectivity index (χ1n) is 9.84. The first-order valence-corrected chi connectivity index (χ1v) is 9.84. The van der Waals surface area contributed by atoms with Crippen molar-refractivity contribution in [1.82, 2.24) is 9.88 Å². The number of nitrogens with one attached hydrogen (secondary N) is 1. The number of hydrogen-bond donors (Lipinski definition) is 1. The van der Waals surface area contributed by atoms with E-state index in [1.54, 1.807) is 0 Å². The van der Waals surface area contributed by atoms with Crippen LogP contribution in [0.4, 0.5) is 14.9 Å². The highest BCUT2D eigenvalue weighted by Gasteiger charge is 2.37. The van der Waals surface area contributed by atoms with Crippen LogP contribution in [0.1, 0.15) is 49.9 Å². The third-order valence-corrected chi connectivity index (χ3v) is 6.12. The SMILES string of the molecule is CCC1Cc2c(ccnc2F)C(C)N1C(=O)Nc1ccc(C2(C)COC2)cc1. The van der Waals surface area contributed by atoms with Crippen LogP contribution in [-0.2, 0) is 16.6 Å². The van der Waals surface area contributed by atoms with Gasteiger partial charge in [-0.15, -0.1) is 0 Å². The maximum Gasteiger partial charge on any atom is 0.322 e. The molecule has 2 aliphatic heterocycles. The molecule has 1 fully saturated rings. The fraction of sp³-hybridized carbons (Fsp3) is 0.455. The summed E-state index contributed by atoms with van der Waals surface area (Å²) in [5.74, 6) is -0.424. The molecule has 1 aromatic heterocycles. The minimum atomic E-state index is -0.424. The third kappa shape index (κ3) is 3.15. The van der Waals surface area contributed by atoms with Gasteiger partial charge < -0.3 is 15.0 Å². The lowest BCUT2D eigenvalue weighted by atomic mass is 9.81. The molecule has 1 aromatic carbocycles. The van der Waals surface area contributed by atoms with Gasteiger partial charge >= 0.3 is 6.03 Å². The average molecular weight is 383 g/mol. The predicted octanol–water partition coefficient (Wildman–Crippen LogP) is 4.44. The van der Waals surface area contributed by atoms with E-state index in [1.807, 2.05) is 49.1 Å². The van der Waals surface area contributed by atoms with Gasteiger partial charge in [-0.25, -0.2) is 9.78 Å². The van der Waals surface area contributed by atoms with E-state index in [1.165, 1.54) is 11.8 Å². The summed E-state index contributed by atoms with van der Waals surface area (Å²) >= 11 is 0. The van der Waals surface area contributed by atoms with Crippen molar-refractivity contribution in [3.63, 3.8) is 0 Å². The first kappa shape index (κ1) is 18.9. The maximum atomic E-state index is 14.2. The minimum absolute atomic E-state index is 0.0634. The number of carbonyl (C=O) groups is 1. The second kappa shape index (κ2) is 7.17. The number of ether oxygens (including phenoxy) is 1. The zero-order chi connectivity index (χ0) is 19.9. The van der Waals surface area contributed by atoms with Gasteiger partial charge in [-0.1, -0.05) is 26.0 Å². The van der Waals surface area contributed by atoms with Crippen molar-refractivity contribution in [2.75, 3.05) is 18.5 Å². The fourth-order valence-corrected chi connectivity index (χ4v) is 4.28. The largest absolute Gasteiger partial charge is 0.379 e. The molecule has 2 aromatic rings. The van der Waals surface area contributed by atoms with E-state index in [0.717, 1.165) is 30.9 Å². The van der Waals surface area contributed by atoms with E-state index in [9.17, 15) is 9.18 Å². The van der Waals surface area contributed by atoms with Crippen LogP contribution >= 0.6 is 0 Å². The molecule has 0 radical (unpaired) electrons. The van der Waals surface area contributed by atoms with Crippen LogP contribution in [0.3, 0.4) is 0 Å². The Balaban J connectivity index is 1.53. The number of amides is 2. The molecule has 6 heteroatoms. The molecule has 2 atom stereocenters. The zero-order valence-electron chi connectivity index (χ0n) is 16.5. The molecule has 3 heterocycles. The number of fused-ring (bicyclic) bond motifs is 1. The second-order valence-electron chi connectivity index (χ2n) is 8.08. The van der Waals surface area contributed by atoms with Crippen LogP contribution in [0.15, 0.2) is 36.5 Å². The summed E-state index contributed by atoms with van der Waals surface area (Å²) in [6.45, 7) is 7.60. The molecule has 0 saturated carbocycles. The molecule has 148 valence electrons. The maximum absolute atomic E-state index is 14.2. The minimum Gasteiger partial charge on any atom is -0.379 e. The van der Waals surface area contributed by atoms with Crippen molar-refractivity contribution < 1.29 is 13.9 Å². The number of urea groups is 1. The van der Waals surface area contributed by atoms with Gasteiger partial charge in [0.25, 0.3) is 0 Å². The summed E-state index contributed by atoms with van der Waals surface area (Å²) in [6, 6.07) is 9.34.